The zero-order valence-electron chi connectivity index (χ0n) is 10.1. The van der Waals surface area contributed by atoms with E-state index in [1.807, 2.05) is 0 Å². The molecule has 0 radical (unpaired) electrons. The van der Waals surface area contributed by atoms with Gasteiger partial charge < -0.3 is 0 Å². The molecule has 4 heteroatoms. The maximum atomic E-state index is 6.17. The molecule has 0 aromatic carbocycles. The van der Waals surface area contributed by atoms with Crippen molar-refractivity contribution in [2.24, 2.45) is 0 Å². The molecule has 1 heterocycles. The third-order valence-electron chi connectivity index (χ3n) is 3.39. The van der Waals surface area contributed by atoms with Crippen LogP contribution in [0.15, 0.2) is 0 Å². The summed E-state index contributed by atoms with van der Waals surface area (Å²) in [5.41, 5.74) is 0. The summed E-state index contributed by atoms with van der Waals surface area (Å²) in [6, 6.07) is 0.516. The van der Waals surface area contributed by atoms with Crippen LogP contribution in [0.2, 0.25) is 5.28 Å². The van der Waals surface area contributed by atoms with Gasteiger partial charge in [0.1, 0.15) is 5.82 Å². The summed E-state index contributed by atoms with van der Waals surface area (Å²) < 4.78 is 2.16. The van der Waals surface area contributed by atoms with Gasteiger partial charge in [-0.25, -0.2) is 0 Å². The molecule has 0 bridgehead atoms. The SMILES string of the molecule is CC(C)c1nnc(Cl)n1C1CCCCCC1. The smallest absolute Gasteiger partial charge is 0.225 e. The van der Waals surface area contributed by atoms with Crippen LogP contribution in [-0.2, 0) is 0 Å². The highest BCUT2D eigenvalue weighted by atomic mass is 35.5. The van der Waals surface area contributed by atoms with Gasteiger partial charge in [-0.05, 0) is 24.4 Å². The lowest BCUT2D eigenvalue weighted by Crippen LogP contribution is -2.13. The zero-order chi connectivity index (χ0) is 11.5. The third-order valence-corrected chi connectivity index (χ3v) is 3.64. The van der Waals surface area contributed by atoms with Crippen LogP contribution >= 0.6 is 11.6 Å². The van der Waals surface area contributed by atoms with Crippen LogP contribution in [0.3, 0.4) is 0 Å². The number of hydrogen-bond acceptors (Lipinski definition) is 2. The second-order valence-electron chi connectivity index (χ2n) is 5.00. The molecule has 0 N–H and O–H groups in total. The molecule has 16 heavy (non-hydrogen) atoms. The lowest BCUT2D eigenvalue weighted by atomic mass is 10.1. The van der Waals surface area contributed by atoms with Crippen LogP contribution in [0, 0.1) is 0 Å². The van der Waals surface area contributed by atoms with E-state index in [1.165, 1.54) is 38.5 Å². The molecule has 1 aliphatic rings. The summed E-state index contributed by atoms with van der Waals surface area (Å²) in [5, 5.41) is 8.79. The Balaban J connectivity index is 2.26. The average molecular weight is 242 g/mol. The largest absolute Gasteiger partial charge is 0.298 e. The van der Waals surface area contributed by atoms with Gasteiger partial charge in [-0.3, -0.25) is 4.57 Å². The molecule has 0 saturated heterocycles. The van der Waals surface area contributed by atoms with Crippen LogP contribution in [0.1, 0.15) is 70.2 Å². The minimum absolute atomic E-state index is 0.392. The van der Waals surface area contributed by atoms with Crippen LogP contribution in [0.5, 0.6) is 0 Å². The number of nitrogens with zero attached hydrogens (tertiary/aromatic N) is 3. The van der Waals surface area contributed by atoms with E-state index in [9.17, 15) is 0 Å². The first-order valence-corrected chi connectivity index (χ1v) is 6.68. The van der Waals surface area contributed by atoms with Crippen molar-refractivity contribution in [3.63, 3.8) is 0 Å². The molecule has 0 amide bonds. The Labute approximate surface area is 102 Å². The van der Waals surface area contributed by atoms with Crippen molar-refractivity contribution in [2.75, 3.05) is 0 Å². The van der Waals surface area contributed by atoms with Crippen molar-refractivity contribution >= 4 is 11.6 Å². The fourth-order valence-corrected chi connectivity index (χ4v) is 2.79. The van der Waals surface area contributed by atoms with Gasteiger partial charge in [0.25, 0.3) is 0 Å². The van der Waals surface area contributed by atoms with Crippen LogP contribution in [0.4, 0.5) is 0 Å². The molecule has 0 spiro atoms. The highest BCUT2D eigenvalue weighted by Gasteiger charge is 2.22. The van der Waals surface area contributed by atoms with Crippen molar-refractivity contribution in [2.45, 2.75) is 64.3 Å². The van der Waals surface area contributed by atoms with Crippen molar-refractivity contribution in [3.05, 3.63) is 11.1 Å². The van der Waals surface area contributed by atoms with E-state index < -0.39 is 0 Å². The Hall–Kier alpha value is -0.570. The molecule has 0 aliphatic heterocycles. The first-order chi connectivity index (χ1) is 7.70. The standard InChI is InChI=1S/C12H20ClN3/c1-9(2)11-14-15-12(13)16(11)10-7-5-3-4-6-8-10/h9-10H,3-8H2,1-2H3. The quantitative estimate of drug-likeness (QED) is 0.734. The van der Waals surface area contributed by atoms with Crippen molar-refractivity contribution in [3.8, 4) is 0 Å². The van der Waals surface area contributed by atoms with Crippen LogP contribution < -0.4 is 0 Å². The normalized spacial score (nSPS) is 19.0. The lowest BCUT2D eigenvalue weighted by Gasteiger charge is -2.20. The summed E-state index contributed by atoms with van der Waals surface area (Å²) in [6.07, 6.45) is 7.75. The first kappa shape index (κ1) is 11.9. The van der Waals surface area contributed by atoms with E-state index in [2.05, 4.69) is 28.6 Å². The van der Waals surface area contributed by atoms with Gasteiger partial charge >= 0.3 is 0 Å². The summed E-state index contributed by atoms with van der Waals surface area (Å²) in [7, 11) is 0. The van der Waals surface area contributed by atoms with Gasteiger partial charge in [0.2, 0.25) is 5.28 Å². The van der Waals surface area contributed by atoms with E-state index in [1.54, 1.807) is 0 Å². The fraction of sp³-hybridized carbons (Fsp3) is 0.833. The molecule has 2 rings (SSSR count). The first-order valence-electron chi connectivity index (χ1n) is 6.30. The molecular formula is C12H20ClN3. The fourth-order valence-electron chi connectivity index (χ4n) is 2.53. The molecule has 90 valence electrons. The second kappa shape index (κ2) is 5.17. The summed E-state index contributed by atoms with van der Waals surface area (Å²) in [6.45, 7) is 4.29. The van der Waals surface area contributed by atoms with Crippen LogP contribution in [-0.4, -0.2) is 14.8 Å². The third kappa shape index (κ3) is 2.40. The molecule has 3 nitrogen and oxygen atoms in total. The predicted molar refractivity (Wildman–Crippen MR) is 65.9 cm³/mol. The zero-order valence-corrected chi connectivity index (χ0v) is 10.9. The molecule has 1 saturated carbocycles. The monoisotopic (exact) mass is 241 g/mol. The van der Waals surface area contributed by atoms with E-state index in [0.29, 0.717) is 17.2 Å². The molecule has 1 aromatic heterocycles. The van der Waals surface area contributed by atoms with Crippen LogP contribution in [0.25, 0.3) is 0 Å². The van der Waals surface area contributed by atoms with Crippen molar-refractivity contribution in [1.82, 2.24) is 14.8 Å². The lowest BCUT2D eigenvalue weighted by molar-refractivity contribution is 0.423. The van der Waals surface area contributed by atoms with Gasteiger partial charge in [0, 0.05) is 12.0 Å². The number of aromatic nitrogens is 3. The van der Waals surface area contributed by atoms with Gasteiger partial charge in [0.15, 0.2) is 0 Å². The molecule has 1 fully saturated rings. The molecule has 0 unspecified atom stereocenters. The summed E-state index contributed by atoms with van der Waals surface area (Å²) in [4.78, 5) is 0. The highest BCUT2D eigenvalue weighted by molar-refractivity contribution is 6.28. The van der Waals surface area contributed by atoms with E-state index in [4.69, 9.17) is 11.6 Å². The van der Waals surface area contributed by atoms with Gasteiger partial charge in [0.05, 0.1) is 0 Å². The summed E-state index contributed by atoms with van der Waals surface area (Å²) >= 11 is 6.17. The Morgan fingerprint density at radius 1 is 1.12 bits per heavy atom. The maximum absolute atomic E-state index is 6.17. The topological polar surface area (TPSA) is 30.7 Å². The predicted octanol–water partition coefficient (Wildman–Crippen LogP) is 3.95. The Kier molecular flexibility index (Phi) is 3.85. The maximum Gasteiger partial charge on any atom is 0.225 e. The molecule has 0 atom stereocenters. The summed E-state index contributed by atoms with van der Waals surface area (Å²) in [5.74, 6) is 1.43. The minimum atomic E-state index is 0.392. The van der Waals surface area contributed by atoms with E-state index in [-0.39, 0.29) is 0 Å². The average Bonchev–Trinajstić information content (AvgIpc) is 2.50. The Morgan fingerprint density at radius 3 is 2.31 bits per heavy atom. The molecule has 1 aromatic rings. The van der Waals surface area contributed by atoms with Crippen molar-refractivity contribution < 1.29 is 0 Å². The second-order valence-corrected chi connectivity index (χ2v) is 5.34. The molecular weight excluding hydrogens is 222 g/mol. The van der Waals surface area contributed by atoms with Gasteiger partial charge in [-0.1, -0.05) is 39.5 Å². The number of rotatable bonds is 2. The van der Waals surface area contributed by atoms with Gasteiger partial charge in [-0.15, -0.1) is 10.2 Å². The van der Waals surface area contributed by atoms with Crippen molar-refractivity contribution in [1.29, 1.82) is 0 Å². The number of hydrogen-bond donors (Lipinski definition) is 0. The number of halogens is 1. The van der Waals surface area contributed by atoms with E-state index >= 15 is 0 Å². The Morgan fingerprint density at radius 2 is 1.75 bits per heavy atom. The van der Waals surface area contributed by atoms with Gasteiger partial charge in [-0.2, -0.15) is 0 Å². The minimum Gasteiger partial charge on any atom is -0.298 e. The molecule has 1 aliphatic carbocycles. The Bertz CT molecular complexity index is 338. The highest BCUT2D eigenvalue weighted by Crippen LogP contribution is 2.31. The van der Waals surface area contributed by atoms with E-state index in [0.717, 1.165) is 5.82 Å².